The third-order valence-electron chi connectivity index (χ3n) is 4.28. The van der Waals surface area contributed by atoms with Gasteiger partial charge in [-0.2, -0.15) is 5.10 Å². The molecule has 2 heterocycles. The van der Waals surface area contributed by atoms with E-state index >= 15 is 4.39 Å². The molecule has 0 aliphatic rings. The third kappa shape index (κ3) is 3.21. The number of fused-ring (bicyclic) bond motifs is 1. The largest absolute Gasteiger partial charge is 0.482 e. The minimum absolute atomic E-state index is 0.00960. The van der Waals surface area contributed by atoms with E-state index in [0.29, 0.717) is 5.82 Å². The van der Waals surface area contributed by atoms with Gasteiger partial charge in [-0.05, 0) is 19.1 Å². The van der Waals surface area contributed by atoms with Crippen molar-refractivity contribution in [2.75, 3.05) is 5.73 Å². The normalized spacial score (nSPS) is 12.3. The SMILES string of the molecule is C[C@@H](Oc1cc(F)c(-c2ccc(F)c(Cl)c2F)c2ncnc(N)c12)c1ncn[nH]1. The molecule has 0 amide bonds. The van der Waals surface area contributed by atoms with Gasteiger partial charge in [-0.25, -0.2) is 28.1 Å². The number of hydrogen-bond acceptors (Lipinski definition) is 6. The summed E-state index contributed by atoms with van der Waals surface area (Å²) < 4.78 is 49.0. The van der Waals surface area contributed by atoms with Crippen molar-refractivity contribution in [1.82, 2.24) is 25.1 Å². The third-order valence-corrected chi connectivity index (χ3v) is 4.63. The van der Waals surface area contributed by atoms with Gasteiger partial charge in [0, 0.05) is 17.2 Å². The van der Waals surface area contributed by atoms with Crippen molar-refractivity contribution >= 4 is 28.3 Å². The number of ether oxygens (including phenoxy) is 1. The van der Waals surface area contributed by atoms with Crippen molar-refractivity contribution in [3.05, 3.63) is 59.2 Å². The number of halogens is 4. The van der Waals surface area contributed by atoms with E-state index in [1.54, 1.807) is 6.92 Å². The number of benzene rings is 2. The lowest BCUT2D eigenvalue weighted by atomic mass is 10.00. The van der Waals surface area contributed by atoms with Gasteiger partial charge < -0.3 is 10.5 Å². The van der Waals surface area contributed by atoms with Gasteiger partial charge in [-0.15, -0.1) is 0 Å². The number of nitrogens with two attached hydrogens (primary N) is 1. The van der Waals surface area contributed by atoms with E-state index in [-0.39, 0.29) is 33.6 Å². The lowest BCUT2D eigenvalue weighted by Gasteiger charge is -2.17. The number of rotatable bonds is 4. The fourth-order valence-corrected chi connectivity index (χ4v) is 3.09. The average Bonchev–Trinajstić information content (AvgIpc) is 3.22. The van der Waals surface area contributed by atoms with Crippen molar-refractivity contribution in [3.8, 4) is 16.9 Å². The molecule has 0 unspecified atom stereocenters. The molecule has 0 spiro atoms. The summed E-state index contributed by atoms with van der Waals surface area (Å²) >= 11 is 5.65. The second-order valence-corrected chi connectivity index (χ2v) is 6.45. The molecule has 0 radical (unpaired) electrons. The van der Waals surface area contributed by atoms with Crippen LogP contribution in [0, 0.1) is 17.5 Å². The Hall–Kier alpha value is -3.40. The van der Waals surface area contributed by atoms with Crippen LogP contribution in [0.5, 0.6) is 5.75 Å². The van der Waals surface area contributed by atoms with Crippen LogP contribution in [-0.2, 0) is 0 Å². The summed E-state index contributed by atoms with van der Waals surface area (Å²) in [5, 5.41) is 5.79. The molecule has 3 N–H and O–H groups in total. The maximum atomic E-state index is 15.1. The zero-order valence-electron chi connectivity index (χ0n) is 14.8. The summed E-state index contributed by atoms with van der Waals surface area (Å²) in [7, 11) is 0. The van der Waals surface area contributed by atoms with Gasteiger partial charge in [0.25, 0.3) is 0 Å². The fourth-order valence-electron chi connectivity index (χ4n) is 2.93. The zero-order chi connectivity index (χ0) is 20.7. The topological polar surface area (TPSA) is 103 Å². The first-order chi connectivity index (χ1) is 13.9. The summed E-state index contributed by atoms with van der Waals surface area (Å²) in [6.45, 7) is 1.66. The van der Waals surface area contributed by atoms with Crippen molar-refractivity contribution in [1.29, 1.82) is 0 Å². The van der Waals surface area contributed by atoms with Crippen LogP contribution in [0.3, 0.4) is 0 Å². The smallest absolute Gasteiger partial charge is 0.165 e. The summed E-state index contributed by atoms with van der Waals surface area (Å²) in [6, 6.07) is 3.04. The number of hydrogen-bond donors (Lipinski definition) is 2. The fraction of sp³-hybridized carbons (Fsp3) is 0.111. The van der Waals surface area contributed by atoms with Crippen molar-refractivity contribution in [2.24, 2.45) is 0 Å². The number of aromatic nitrogens is 5. The molecule has 0 bridgehead atoms. The Morgan fingerprint density at radius 1 is 1.10 bits per heavy atom. The Morgan fingerprint density at radius 2 is 1.90 bits per heavy atom. The molecular formula is C18H12ClF3N6O. The van der Waals surface area contributed by atoms with E-state index in [0.717, 1.165) is 24.5 Å². The number of H-pyrrole nitrogens is 1. The van der Waals surface area contributed by atoms with E-state index in [4.69, 9.17) is 22.1 Å². The van der Waals surface area contributed by atoms with Gasteiger partial charge >= 0.3 is 0 Å². The Bertz CT molecular complexity index is 1220. The van der Waals surface area contributed by atoms with Crippen LogP contribution < -0.4 is 10.5 Å². The maximum Gasteiger partial charge on any atom is 0.165 e. The molecule has 1 atom stereocenters. The monoisotopic (exact) mass is 420 g/mol. The highest BCUT2D eigenvalue weighted by molar-refractivity contribution is 6.31. The molecule has 0 aliphatic carbocycles. The lowest BCUT2D eigenvalue weighted by molar-refractivity contribution is 0.219. The van der Waals surface area contributed by atoms with E-state index in [2.05, 4.69) is 25.1 Å². The second-order valence-electron chi connectivity index (χ2n) is 6.07. The zero-order valence-corrected chi connectivity index (χ0v) is 15.5. The van der Waals surface area contributed by atoms with Gasteiger partial charge in [0.2, 0.25) is 0 Å². The second kappa shape index (κ2) is 7.21. The van der Waals surface area contributed by atoms with Gasteiger partial charge in [-0.3, -0.25) is 5.10 Å². The van der Waals surface area contributed by atoms with Crippen LogP contribution in [0.1, 0.15) is 18.9 Å². The molecule has 29 heavy (non-hydrogen) atoms. The first-order valence-electron chi connectivity index (χ1n) is 8.27. The van der Waals surface area contributed by atoms with Crippen LogP contribution in [0.4, 0.5) is 19.0 Å². The molecule has 2 aromatic heterocycles. The van der Waals surface area contributed by atoms with Gasteiger partial charge in [0.05, 0.1) is 10.9 Å². The highest BCUT2D eigenvalue weighted by Crippen LogP contribution is 2.41. The molecule has 0 fully saturated rings. The molecule has 0 saturated carbocycles. The van der Waals surface area contributed by atoms with E-state index in [1.165, 1.54) is 6.33 Å². The number of nitrogens with one attached hydrogen (secondary N) is 1. The van der Waals surface area contributed by atoms with Crippen LogP contribution in [-0.4, -0.2) is 25.1 Å². The minimum atomic E-state index is -1.12. The predicted octanol–water partition coefficient (Wildman–Crippen LogP) is 4.21. The van der Waals surface area contributed by atoms with Crippen molar-refractivity contribution in [3.63, 3.8) is 0 Å². The first-order valence-corrected chi connectivity index (χ1v) is 8.64. The van der Waals surface area contributed by atoms with Gasteiger partial charge in [-0.1, -0.05) is 11.6 Å². The molecule has 11 heteroatoms. The molecule has 2 aromatic carbocycles. The number of aromatic amines is 1. The van der Waals surface area contributed by atoms with Crippen LogP contribution in [0.25, 0.3) is 22.0 Å². The van der Waals surface area contributed by atoms with Gasteiger partial charge in [0.15, 0.2) is 17.7 Å². The summed E-state index contributed by atoms with van der Waals surface area (Å²) in [4.78, 5) is 11.9. The summed E-state index contributed by atoms with van der Waals surface area (Å²) in [5.41, 5.74) is 5.44. The Morgan fingerprint density at radius 3 is 2.62 bits per heavy atom. The quantitative estimate of drug-likeness (QED) is 0.479. The molecule has 0 aliphatic heterocycles. The van der Waals surface area contributed by atoms with Crippen LogP contribution >= 0.6 is 11.6 Å². The molecule has 0 saturated heterocycles. The highest BCUT2D eigenvalue weighted by Gasteiger charge is 2.24. The van der Waals surface area contributed by atoms with Crippen molar-refractivity contribution in [2.45, 2.75) is 13.0 Å². The molecule has 7 nitrogen and oxygen atoms in total. The number of anilines is 1. The Kier molecular flexibility index (Phi) is 4.71. The molecule has 4 rings (SSSR count). The molecule has 148 valence electrons. The standard InChI is InChI=1S/C18H12ClF3N6O/c1-7(18-26-6-27-28-18)29-11-4-10(21)12(16-13(11)17(23)25-5-24-16)8-2-3-9(20)14(19)15(8)22/h2-7H,1H3,(H2,23,24,25)(H,26,27,28)/t7-/m1/s1. The van der Waals surface area contributed by atoms with E-state index in [9.17, 15) is 8.78 Å². The van der Waals surface area contributed by atoms with Crippen LogP contribution in [0.2, 0.25) is 5.02 Å². The van der Waals surface area contributed by atoms with Crippen LogP contribution in [0.15, 0.2) is 30.9 Å². The maximum absolute atomic E-state index is 15.1. The minimum Gasteiger partial charge on any atom is -0.482 e. The summed E-state index contributed by atoms with van der Waals surface area (Å²) in [5.74, 6) is -2.53. The Balaban J connectivity index is 1.94. The summed E-state index contributed by atoms with van der Waals surface area (Å²) in [6.07, 6.45) is 1.77. The highest BCUT2D eigenvalue weighted by atomic mass is 35.5. The predicted molar refractivity (Wildman–Crippen MR) is 99.7 cm³/mol. The average molecular weight is 421 g/mol. The molecule has 4 aromatic rings. The lowest BCUT2D eigenvalue weighted by Crippen LogP contribution is -2.08. The first kappa shape index (κ1) is 18.9. The number of nitrogens with zero attached hydrogens (tertiary/aromatic N) is 4. The van der Waals surface area contributed by atoms with Gasteiger partial charge in [0.1, 0.15) is 40.9 Å². The van der Waals surface area contributed by atoms with E-state index < -0.39 is 28.6 Å². The van der Waals surface area contributed by atoms with E-state index in [1.807, 2.05) is 0 Å². The number of nitrogen functional groups attached to an aromatic ring is 1. The molecular weight excluding hydrogens is 409 g/mol. The van der Waals surface area contributed by atoms with Crippen molar-refractivity contribution < 1.29 is 17.9 Å². The Labute approximate surface area is 166 Å².